The predicted octanol–water partition coefficient (Wildman–Crippen LogP) is 3.14. The monoisotopic (exact) mass is 304 g/mol. The maximum absolute atomic E-state index is 9.59. The molecule has 2 nitrogen and oxygen atoms in total. The largest absolute Gasteiger partial charge is 0.236 e. The SMILES string of the molecule is [C-]#[N+]c1c(C#N)c2c(c3c1=CC(C(C)C)=P3)C=C(C(C)C)C=2. The molecule has 108 valence electrons. The van der Waals surface area contributed by atoms with Gasteiger partial charge in [-0.15, -0.1) is 0 Å². The third-order valence-corrected chi connectivity index (χ3v) is 5.81. The summed E-state index contributed by atoms with van der Waals surface area (Å²) >= 11 is 0. The zero-order valence-electron chi connectivity index (χ0n) is 13.2. The van der Waals surface area contributed by atoms with Crippen molar-refractivity contribution in [3.63, 3.8) is 0 Å². The van der Waals surface area contributed by atoms with Crippen LogP contribution in [0.1, 0.15) is 38.8 Å². The Bertz CT molecular complexity index is 866. The van der Waals surface area contributed by atoms with Crippen molar-refractivity contribution < 1.29 is 0 Å². The summed E-state index contributed by atoms with van der Waals surface area (Å²) in [5.74, 6) is 0.870. The second kappa shape index (κ2) is 5.24. The number of hydrogen-bond acceptors (Lipinski definition) is 1. The number of hydrogen-bond donors (Lipinski definition) is 0. The Hall–Kier alpha value is -2.15. The summed E-state index contributed by atoms with van der Waals surface area (Å²) in [7, 11) is 1.19. The molecule has 1 aromatic rings. The Labute approximate surface area is 132 Å². The van der Waals surface area contributed by atoms with E-state index in [1.165, 1.54) is 24.4 Å². The van der Waals surface area contributed by atoms with Crippen molar-refractivity contribution >= 4 is 42.7 Å². The first kappa shape index (κ1) is 14.8. The van der Waals surface area contributed by atoms with Crippen LogP contribution in [0.15, 0.2) is 5.57 Å². The summed E-state index contributed by atoms with van der Waals surface area (Å²) in [5, 5.41) is 14.0. The van der Waals surface area contributed by atoms with Gasteiger partial charge in [-0.1, -0.05) is 48.1 Å². The quantitative estimate of drug-likeness (QED) is 0.609. The number of nitrogens with zero attached hydrogens (tertiary/aromatic N) is 2. The van der Waals surface area contributed by atoms with Crippen LogP contribution in [0.2, 0.25) is 0 Å². The van der Waals surface area contributed by atoms with Gasteiger partial charge in [0.25, 0.3) is 0 Å². The molecule has 2 aliphatic rings. The maximum Gasteiger partial charge on any atom is 0.213 e. The average molecular weight is 304 g/mol. The van der Waals surface area contributed by atoms with Crippen LogP contribution in [-0.2, 0) is 0 Å². The Morgan fingerprint density at radius 2 is 1.82 bits per heavy atom. The molecule has 3 rings (SSSR count). The third kappa shape index (κ3) is 2.04. The summed E-state index contributed by atoms with van der Waals surface area (Å²) in [6.45, 7) is 16.2. The molecule has 3 heteroatoms. The molecule has 1 aliphatic carbocycles. The van der Waals surface area contributed by atoms with E-state index in [0.717, 1.165) is 16.0 Å². The van der Waals surface area contributed by atoms with E-state index in [2.05, 4.69) is 56.8 Å². The molecule has 0 saturated heterocycles. The van der Waals surface area contributed by atoms with E-state index in [1.54, 1.807) is 0 Å². The molecule has 0 fully saturated rings. The second-order valence-electron chi connectivity index (χ2n) is 6.32. The molecular weight excluding hydrogens is 287 g/mol. The van der Waals surface area contributed by atoms with E-state index in [1.807, 2.05) is 0 Å². The summed E-state index contributed by atoms with van der Waals surface area (Å²) in [5.41, 5.74) is 3.45. The first-order chi connectivity index (χ1) is 10.5. The molecule has 0 aromatic heterocycles. The molecular formula is C19H17N2P. The predicted molar refractivity (Wildman–Crippen MR) is 94.8 cm³/mol. The van der Waals surface area contributed by atoms with E-state index in [4.69, 9.17) is 6.57 Å². The van der Waals surface area contributed by atoms with Crippen molar-refractivity contribution in [3.8, 4) is 6.07 Å². The molecule has 0 N–H and O–H groups in total. The van der Waals surface area contributed by atoms with Gasteiger partial charge in [-0.2, -0.15) is 5.26 Å². The molecule has 0 unspecified atom stereocenters. The lowest BCUT2D eigenvalue weighted by Gasteiger charge is -2.04. The lowest BCUT2D eigenvalue weighted by molar-refractivity contribution is 0.809. The van der Waals surface area contributed by atoms with Gasteiger partial charge in [0.15, 0.2) is 0 Å². The van der Waals surface area contributed by atoms with E-state index in [9.17, 15) is 5.26 Å². The molecule has 1 aliphatic heterocycles. The van der Waals surface area contributed by atoms with Crippen molar-refractivity contribution in [2.24, 2.45) is 11.8 Å². The fraction of sp³-hybridized carbons (Fsp3) is 0.316. The van der Waals surface area contributed by atoms with Crippen molar-refractivity contribution in [1.29, 1.82) is 5.26 Å². The fourth-order valence-corrected chi connectivity index (χ4v) is 4.18. The standard InChI is InChI=1S/C19H17N2P/c1-10(2)12-6-13-14(7-12)19-15(8-17(22-19)11(3)4)18(21-5)16(13)9-20/h6-8,10-11H,1-4H3. The van der Waals surface area contributed by atoms with E-state index in [0.29, 0.717) is 23.1 Å². The molecule has 1 aromatic carbocycles. The van der Waals surface area contributed by atoms with Gasteiger partial charge in [-0.05, 0) is 44.8 Å². The minimum absolute atomic E-state index is 0.418. The summed E-state index contributed by atoms with van der Waals surface area (Å²) in [4.78, 5) is 3.69. The lowest BCUT2D eigenvalue weighted by Crippen LogP contribution is -2.29. The summed E-state index contributed by atoms with van der Waals surface area (Å²) in [6, 6.07) is 2.27. The first-order valence-electron chi connectivity index (χ1n) is 7.49. The van der Waals surface area contributed by atoms with Crippen LogP contribution in [0.3, 0.4) is 0 Å². The summed E-state index contributed by atoms with van der Waals surface area (Å²) < 4.78 is 0. The number of benzene rings is 1. The molecule has 0 radical (unpaired) electrons. The molecule has 0 bridgehead atoms. The molecule has 1 heterocycles. The molecule has 0 amide bonds. The second-order valence-corrected chi connectivity index (χ2v) is 7.50. The normalized spacial score (nSPS) is 15.3. The van der Waals surface area contributed by atoms with Crippen LogP contribution >= 0.6 is 8.20 Å². The van der Waals surface area contributed by atoms with Crippen molar-refractivity contribution in [1.82, 2.24) is 0 Å². The van der Waals surface area contributed by atoms with E-state index in [-0.39, 0.29) is 0 Å². The molecule has 22 heavy (non-hydrogen) atoms. The van der Waals surface area contributed by atoms with Crippen LogP contribution < -0.4 is 15.7 Å². The van der Waals surface area contributed by atoms with E-state index < -0.39 is 0 Å². The first-order valence-corrected chi connectivity index (χ1v) is 8.38. The van der Waals surface area contributed by atoms with Crippen LogP contribution in [0.5, 0.6) is 0 Å². The van der Waals surface area contributed by atoms with Gasteiger partial charge >= 0.3 is 0 Å². The number of allylic oxidation sites excluding steroid dienone is 1. The zero-order valence-corrected chi connectivity index (χ0v) is 14.1. The smallest absolute Gasteiger partial charge is 0.213 e. The van der Waals surface area contributed by atoms with Crippen molar-refractivity contribution in [2.75, 3.05) is 0 Å². The van der Waals surface area contributed by atoms with Gasteiger partial charge in [0.2, 0.25) is 5.69 Å². The van der Waals surface area contributed by atoms with E-state index >= 15 is 0 Å². The Morgan fingerprint density at radius 3 is 2.36 bits per heavy atom. The Morgan fingerprint density at radius 1 is 1.09 bits per heavy atom. The van der Waals surface area contributed by atoms with Crippen LogP contribution in [0.25, 0.3) is 23.1 Å². The molecule has 0 saturated carbocycles. The van der Waals surface area contributed by atoms with Gasteiger partial charge in [-0.25, -0.2) is 4.85 Å². The van der Waals surface area contributed by atoms with Crippen molar-refractivity contribution in [3.05, 3.63) is 38.6 Å². The average Bonchev–Trinajstić information content (AvgIpc) is 3.09. The molecule has 0 atom stereocenters. The topological polar surface area (TPSA) is 28.1 Å². The Balaban J connectivity index is 2.43. The minimum Gasteiger partial charge on any atom is -0.236 e. The number of rotatable bonds is 2. The van der Waals surface area contributed by atoms with Crippen LogP contribution in [0.4, 0.5) is 5.69 Å². The highest BCUT2D eigenvalue weighted by Crippen LogP contribution is 2.26. The van der Waals surface area contributed by atoms with Gasteiger partial charge in [0.05, 0.1) is 18.2 Å². The summed E-state index contributed by atoms with van der Waals surface area (Å²) in [6.07, 6.45) is 6.42. The van der Waals surface area contributed by atoms with Crippen LogP contribution in [0, 0.1) is 29.7 Å². The van der Waals surface area contributed by atoms with Gasteiger partial charge in [0, 0.05) is 5.30 Å². The number of nitriles is 1. The van der Waals surface area contributed by atoms with Gasteiger partial charge in [0.1, 0.15) is 0 Å². The van der Waals surface area contributed by atoms with Crippen LogP contribution in [-0.4, -0.2) is 5.29 Å². The zero-order chi connectivity index (χ0) is 16.0. The highest BCUT2D eigenvalue weighted by atomic mass is 31.1. The van der Waals surface area contributed by atoms with Gasteiger partial charge in [-0.3, -0.25) is 0 Å². The maximum atomic E-state index is 9.59. The molecule has 0 spiro atoms. The fourth-order valence-electron chi connectivity index (χ4n) is 2.88. The number of fused-ring (bicyclic) bond motifs is 3. The van der Waals surface area contributed by atoms with Gasteiger partial charge < -0.3 is 0 Å². The van der Waals surface area contributed by atoms with Crippen molar-refractivity contribution in [2.45, 2.75) is 27.7 Å². The third-order valence-electron chi connectivity index (χ3n) is 4.20. The highest BCUT2D eigenvalue weighted by molar-refractivity contribution is 7.51. The minimum atomic E-state index is 0.418. The lowest BCUT2D eigenvalue weighted by atomic mass is 10.0. The highest BCUT2D eigenvalue weighted by Gasteiger charge is 2.23. The Kier molecular flexibility index (Phi) is 3.52.